The molecule has 0 aliphatic carbocycles. The van der Waals surface area contributed by atoms with Gasteiger partial charge in [0, 0.05) is 19.2 Å². The van der Waals surface area contributed by atoms with Gasteiger partial charge in [-0.2, -0.15) is 10.2 Å². The van der Waals surface area contributed by atoms with E-state index in [-0.39, 0.29) is 12.2 Å². The molecule has 1 fully saturated rings. The molecule has 1 aromatic heterocycles. The van der Waals surface area contributed by atoms with Crippen molar-refractivity contribution >= 4 is 18.0 Å². The molecule has 1 aliphatic heterocycles. The number of aromatic nitrogens is 1. The topological polar surface area (TPSA) is 71.5 Å². The van der Waals surface area contributed by atoms with Crippen molar-refractivity contribution in [1.82, 2.24) is 4.98 Å². The van der Waals surface area contributed by atoms with Crippen LogP contribution in [0, 0.1) is 11.3 Å². The first-order chi connectivity index (χ1) is 12.1. The lowest BCUT2D eigenvalue weighted by Gasteiger charge is -2.34. The lowest BCUT2D eigenvalue weighted by atomic mass is 10.2. The van der Waals surface area contributed by atoms with E-state index in [0.717, 1.165) is 11.3 Å². The van der Waals surface area contributed by atoms with Crippen molar-refractivity contribution in [2.75, 3.05) is 25.1 Å². The summed E-state index contributed by atoms with van der Waals surface area (Å²) in [5.41, 5.74) is 1.26. The van der Waals surface area contributed by atoms with Crippen LogP contribution in [0.5, 0.6) is 5.75 Å². The summed E-state index contributed by atoms with van der Waals surface area (Å²) in [5, 5.41) is 9.38. The zero-order valence-corrected chi connectivity index (χ0v) is 14.6. The number of hydrogen-bond acceptors (Lipinski definition) is 6. The number of hydrogen-bond donors (Lipinski definition) is 0. The van der Waals surface area contributed by atoms with Gasteiger partial charge in [-0.15, -0.1) is 0 Å². The maximum absolute atomic E-state index is 9.38. The molecular weight excluding hydrogens is 318 g/mol. The molecule has 6 nitrogen and oxygen atoms in total. The van der Waals surface area contributed by atoms with Gasteiger partial charge in [-0.3, -0.25) is 0 Å². The molecule has 3 rings (SSSR count). The molecule has 25 heavy (non-hydrogen) atoms. The van der Waals surface area contributed by atoms with E-state index in [4.69, 9.17) is 13.9 Å². The summed E-state index contributed by atoms with van der Waals surface area (Å²) >= 11 is 0. The molecule has 130 valence electrons. The highest BCUT2D eigenvalue weighted by Gasteiger charge is 2.27. The monoisotopic (exact) mass is 339 g/mol. The molecule has 0 N–H and O–H groups in total. The minimum absolute atomic E-state index is 0.0798. The van der Waals surface area contributed by atoms with Gasteiger partial charge in [0.05, 0.1) is 19.3 Å². The van der Waals surface area contributed by atoms with Crippen molar-refractivity contribution < 1.29 is 13.9 Å². The maximum atomic E-state index is 9.38. The number of nitrogens with zero attached hydrogens (tertiary/aromatic N) is 3. The Bertz CT molecular complexity index is 796. The summed E-state index contributed by atoms with van der Waals surface area (Å²) < 4.78 is 16.8. The van der Waals surface area contributed by atoms with Crippen LogP contribution in [0.25, 0.3) is 12.2 Å². The highest BCUT2D eigenvalue weighted by molar-refractivity contribution is 5.68. The van der Waals surface area contributed by atoms with Crippen LogP contribution in [-0.2, 0) is 4.74 Å². The molecule has 1 aliphatic rings. The number of nitriles is 1. The molecule has 1 aromatic carbocycles. The van der Waals surface area contributed by atoms with Crippen molar-refractivity contribution in [3.63, 3.8) is 0 Å². The third-order valence-corrected chi connectivity index (χ3v) is 3.95. The quantitative estimate of drug-likeness (QED) is 0.851. The number of morpholine rings is 1. The Hall–Kier alpha value is -2.78. The van der Waals surface area contributed by atoms with Crippen molar-refractivity contribution in [1.29, 1.82) is 5.26 Å². The van der Waals surface area contributed by atoms with E-state index in [9.17, 15) is 5.26 Å². The van der Waals surface area contributed by atoms with E-state index in [1.807, 2.05) is 49.1 Å². The molecule has 0 saturated carbocycles. The predicted octanol–water partition coefficient (Wildman–Crippen LogP) is 3.34. The van der Waals surface area contributed by atoms with E-state index in [1.54, 1.807) is 13.2 Å². The number of benzene rings is 1. The molecule has 6 heteroatoms. The number of anilines is 1. The van der Waals surface area contributed by atoms with Crippen LogP contribution < -0.4 is 9.64 Å². The van der Waals surface area contributed by atoms with Crippen LogP contribution in [0.2, 0.25) is 0 Å². The number of methoxy groups -OCH3 is 1. The van der Waals surface area contributed by atoms with E-state index in [1.165, 1.54) is 0 Å². The van der Waals surface area contributed by atoms with Gasteiger partial charge >= 0.3 is 0 Å². The first kappa shape index (κ1) is 17.1. The molecule has 0 spiro atoms. The van der Waals surface area contributed by atoms with Crippen LogP contribution in [0.3, 0.4) is 0 Å². The summed E-state index contributed by atoms with van der Waals surface area (Å²) in [7, 11) is 1.63. The summed E-state index contributed by atoms with van der Waals surface area (Å²) in [6.45, 7) is 5.36. The highest BCUT2D eigenvalue weighted by atomic mass is 16.5. The summed E-state index contributed by atoms with van der Waals surface area (Å²) in [5.74, 6) is 1.69. The number of oxazole rings is 1. The minimum Gasteiger partial charge on any atom is -0.497 e. The average molecular weight is 339 g/mol. The Labute approximate surface area is 147 Å². The summed E-state index contributed by atoms with van der Waals surface area (Å²) in [6.07, 6.45) is 3.79. The van der Waals surface area contributed by atoms with E-state index in [0.29, 0.717) is 30.6 Å². The van der Waals surface area contributed by atoms with Gasteiger partial charge in [-0.05, 0) is 37.6 Å². The fourth-order valence-electron chi connectivity index (χ4n) is 2.94. The Morgan fingerprint density at radius 3 is 2.72 bits per heavy atom. The van der Waals surface area contributed by atoms with Crippen molar-refractivity contribution in [3.05, 3.63) is 41.4 Å². The second-order valence-electron chi connectivity index (χ2n) is 6.09. The molecule has 0 bridgehead atoms. The van der Waals surface area contributed by atoms with Crippen LogP contribution in [0.1, 0.15) is 31.0 Å². The molecule has 0 amide bonds. The first-order valence-electron chi connectivity index (χ1n) is 8.22. The third-order valence-electron chi connectivity index (χ3n) is 3.95. The predicted molar refractivity (Wildman–Crippen MR) is 95.4 cm³/mol. The average Bonchev–Trinajstić information content (AvgIpc) is 3.03. The lowest BCUT2D eigenvalue weighted by Crippen LogP contribution is -2.45. The van der Waals surface area contributed by atoms with Gasteiger partial charge in [-0.1, -0.05) is 12.1 Å². The van der Waals surface area contributed by atoms with Gasteiger partial charge in [0.1, 0.15) is 11.8 Å². The Kier molecular flexibility index (Phi) is 5.05. The van der Waals surface area contributed by atoms with Gasteiger partial charge < -0.3 is 18.8 Å². The lowest BCUT2D eigenvalue weighted by molar-refractivity contribution is -0.00642. The van der Waals surface area contributed by atoms with Crippen LogP contribution in [0.4, 0.5) is 5.88 Å². The smallest absolute Gasteiger partial charge is 0.235 e. The van der Waals surface area contributed by atoms with Crippen molar-refractivity contribution in [2.24, 2.45) is 0 Å². The van der Waals surface area contributed by atoms with E-state index in [2.05, 4.69) is 11.1 Å². The molecule has 2 atom stereocenters. The fourth-order valence-corrected chi connectivity index (χ4v) is 2.94. The first-order valence-corrected chi connectivity index (χ1v) is 8.22. The third kappa shape index (κ3) is 4.01. The zero-order valence-electron chi connectivity index (χ0n) is 14.6. The summed E-state index contributed by atoms with van der Waals surface area (Å²) in [6, 6.07) is 9.79. The molecule has 2 heterocycles. The molecule has 2 aromatic rings. The summed E-state index contributed by atoms with van der Waals surface area (Å²) in [4.78, 5) is 6.30. The fraction of sp³-hybridized carbons (Fsp3) is 0.368. The van der Waals surface area contributed by atoms with Gasteiger partial charge in [0.25, 0.3) is 0 Å². The largest absolute Gasteiger partial charge is 0.497 e. The van der Waals surface area contributed by atoms with E-state index >= 15 is 0 Å². The van der Waals surface area contributed by atoms with Crippen LogP contribution in [0.15, 0.2) is 28.7 Å². The normalized spacial score (nSPS) is 20.6. The second kappa shape index (κ2) is 7.41. The Morgan fingerprint density at radius 2 is 2.04 bits per heavy atom. The highest BCUT2D eigenvalue weighted by Crippen LogP contribution is 2.26. The molecule has 1 saturated heterocycles. The molecule has 0 radical (unpaired) electrons. The van der Waals surface area contributed by atoms with E-state index < -0.39 is 0 Å². The maximum Gasteiger partial charge on any atom is 0.235 e. The van der Waals surface area contributed by atoms with Gasteiger partial charge in [-0.25, -0.2) is 0 Å². The Morgan fingerprint density at radius 1 is 1.28 bits per heavy atom. The number of rotatable bonds is 4. The Balaban J connectivity index is 1.83. The van der Waals surface area contributed by atoms with Crippen LogP contribution >= 0.6 is 0 Å². The van der Waals surface area contributed by atoms with Gasteiger partial charge in [0.15, 0.2) is 0 Å². The molecular formula is C19H21N3O3. The van der Waals surface area contributed by atoms with Crippen molar-refractivity contribution in [2.45, 2.75) is 26.1 Å². The molecule has 0 unspecified atom stereocenters. The van der Waals surface area contributed by atoms with Crippen LogP contribution in [-0.4, -0.2) is 37.4 Å². The zero-order chi connectivity index (χ0) is 17.8. The second-order valence-corrected chi connectivity index (χ2v) is 6.09. The standard InChI is InChI=1S/C19H21N3O3/c1-13-11-22(12-14(2)24-13)19-17(10-20)21-18(25-19)8-7-15-5-4-6-16(9-15)23-3/h4-9,13-14H,11-12H2,1-3H3/b8-7+/t13-,14-/m0/s1. The SMILES string of the molecule is COc1cccc(/C=C/c2nc(C#N)c(N3C[C@H](C)O[C@@H](C)C3)o2)c1. The number of ether oxygens (including phenoxy) is 2. The van der Waals surface area contributed by atoms with Crippen molar-refractivity contribution in [3.8, 4) is 11.8 Å². The van der Waals surface area contributed by atoms with Gasteiger partial charge in [0.2, 0.25) is 17.5 Å². The minimum atomic E-state index is 0.0798.